The lowest BCUT2D eigenvalue weighted by Crippen LogP contribution is -2.59. The van der Waals surface area contributed by atoms with Crippen LogP contribution in [0.2, 0.25) is 0 Å². The van der Waals surface area contributed by atoms with E-state index in [4.69, 9.17) is 14.2 Å². The van der Waals surface area contributed by atoms with Crippen molar-refractivity contribution in [2.75, 3.05) is 13.2 Å². The fraction of sp³-hybridized carbons (Fsp3) is 0.610. The summed E-state index contributed by atoms with van der Waals surface area (Å²) >= 11 is 0. The van der Waals surface area contributed by atoms with Crippen molar-refractivity contribution in [3.8, 4) is 5.75 Å². The van der Waals surface area contributed by atoms with Gasteiger partial charge >= 0.3 is 12.2 Å². The van der Waals surface area contributed by atoms with Gasteiger partial charge in [0, 0.05) is 37.3 Å². The molecule has 2 saturated carbocycles. The quantitative estimate of drug-likeness (QED) is 0.311. The monoisotopic (exact) mass is 837 g/mol. The van der Waals surface area contributed by atoms with E-state index in [2.05, 4.69) is 20.5 Å². The third-order valence-electron chi connectivity index (χ3n) is 11.7. The van der Waals surface area contributed by atoms with E-state index in [1.165, 1.54) is 9.80 Å². The normalized spacial score (nSPS) is 27.8. The highest BCUT2D eigenvalue weighted by atomic mass is 32.2. The first-order valence-electron chi connectivity index (χ1n) is 20.5. The topological polar surface area (TPSA) is 208 Å². The number of alkyl carbamates (subject to hydrolysis) is 1. The van der Waals surface area contributed by atoms with E-state index in [0.29, 0.717) is 44.6 Å². The van der Waals surface area contributed by atoms with Crippen LogP contribution in [0.15, 0.2) is 48.8 Å². The van der Waals surface area contributed by atoms with Crippen LogP contribution in [0.25, 0.3) is 0 Å². The fourth-order valence-corrected chi connectivity index (χ4v) is 9.53. The number of carbonyl (C=O) groups is 5. The third-order valence-corrected chi connectivity index (χ3v) is 13.5. The Morgan fingerprint density at radius 1 is 1.05 bits per heavy atom. The molecule has 17 nitrogen and oxygen atoms in total. The summed E-state index contributed by atoms with van der Waals surface area (Å²) in [5, 5.41) is 9.10. The lowest BCUT2D eigenvalue weighted by atomic mass is 9.99. The van der Waals surface area contributed by atoms with Crippen molar-refractivity contribution in [3.63, 3.8) is 0 Å². The number of sulfonamides is 1. The molecular weight excluding hydrogens is 783 g/mol. The van der Waals surface area contributed by atoms with Crippen molar-refractivity contribution in [1.29, 1.82) is 0 Å². The molecule has 7 rings (SSSR count). The molecular formula is C41H55N7O10S. The summed E-state index contributed by atoms with van der Waals surface area (Å²) in [6, 6.07) is 5.20. The molecule has 2 aliphatic carbocycles. The molecule has 4 heterocycles. The smallest absolute Gasteiger partial charge is 0.410 e. The molecule has 0 spiro atoms. The molecule has 3 aliphatic heterocycles. The number of nitrogens with zero attached hydrogens (tertiary/aromatic N) is 4. The van der Waals surface area contributed by atoms with E-state index in [1.54, 1.807) is 38.6 Å². The van der Waals surface area contributed by atoms with Gasteiger partial charge in [-0.05, 0) is 88.6 Å². The Labute approximate surface area is 344 Å². The van der Waals surface area contributed by atoms with Crippen LogP contribution in [-0.4, -0.2) is 106 Å². The van der Waals surface area contributed by atoms with Crippen molar-refractivity contribution < 1.29 is 46.6 Å². The number of aromatic nitrogens is 2. The van der Waals surface area contributed by atoms with Crippen LogP contribution >= 0.6 is 0 Å². The first-order chi connectivity index (χ1) is 27.9. The second-order valence-corrected chi connectivity index (χ2v) is 19.5. The molecule has 320 valence electrons. The summed E-state index contributed by atoms with van der Waals surface area (Å²) in [6.07, 6.45) is 8.93. The van der Waals surface area contributed by atoms with Gasteiger partial charge in [-0.2, -0.15) is 5.10 Å². The number of hydrogen-bond donors (Lipinski definition) is 3. The number of hydrogen-bond acceptors (Lipinski definition) is 11. The van der Waals surface area contributed by atoms with E-state index in [9.17, 15) is 32.4 Å². The average Bonchev–Trinajstić information content (AvgIpc) is 3.86. The predicted molar refractivity (Wildman–Crippen MR) is 213 cm³/mol. The van der Waals surface area contributed by atoms with Crippen LogP contribution in [0.5, 0.6) is 5.75 Å². The van der Waals surface area contributed by atoms with Gasteiger partial charge in [0.15, 0.2) is 0 Å². The fourth-order valence-electron chi connectivity index (χ4n) is 8.17. The summed E-state index contributed by atoms with van der Waals surface area (Å²) in [5.41, 5.74) is -1.51. The van der Waals surface area contributed by atoms with Crippen LogP contribution in [0, 0.1) is 5.41 Å². The molecule has 0 bridgehead atoms. The highest BCUT2D eigenvalue weighted by molar-refractivity contribution is 7.91. The van der Waals surface area contributed by atoms with Crippen LogP contribution in [0.3, 0.4) is 0 Å². The number of rotatable bonds is 9. The molecule has 0 radical (unpaired) electrons. The molecule has 18 heteroatoms. The van der Waals surface area contributed by atoms with Crippen LogP contribution in [0.1, 0.15) is 96.6 Å². The summed E-state index contributed by atoms with van der Waals surface area (Å²) in [7, 11) is -3.94. The SMILES string of the molecule is CC(C)(C)OC(=O)N[C@H]1CCCCC/C=C\C2(C)C[C@@]2(C(=O)NS(=O)(=O)C2CC2)NC(=O)C2C[C@@H](OC(=O)N3Cc4ccc(OCCn5cccn5)cc4C3)CN2C1=O. The maximum absolute atomic E-state index is 14.5. The van der Waals surface area contributed by atoms with E-state index in [-0.39, 0.29) is 38.9 Å². The molecule has 1 aromatic carbocycles. The number of ether oxygens (including phenoxy) is 3. The minimum absolute atomic E-state index is 0.0951. The first-order valence-corrected chi connectivity index (χ1v) is 22.0. The Balaban J connectivity index is 1.09. The van der Waals surface area contributed by atoms with Gasteiger partial charge in [-0.25, -0.2) is 18.0 Å². The Morgan fingerprint density at radius 3 is 2.56 bits per heavy atom. The second-order valence-electron chi connectivity index (χ2n) is 17.6. The predicted octanol–water partition coefficient (Wildman–Crippen LogP) is 3.67. The lowest BCUT2D eigenvalue weighted by Gasteiger charge is -2.31. The molecule has 5 atom stereocenters. The number of carbonyl (C=O) groups excluding carboxylic acids is 5. The zero-order valence-corrected chi connectivity index (χ0v) is 34.9. The zero-order chi connectivity index (χ0) is 42.2. The minimum atomic E-state index is -3.94. The third kappa shape index (κ3) is 9.68. The number of benzene rings is 1. The molecule has 5 amide bonds. The highest BCUT2D eigenvalue weighted by Crippen LogP contribution is 2.58. The van der Waals surface area contributed by atoms with Gasteiger partial charge in [0.05, 0.1) is 18.3 Å². The Morgan fingerprint density at radius 2 is 1.83 bits per heavy atom. The molecule has 1 saturated heterocycles. The summed E-state index contributed by atoms with van der Waals surface area (Å²) in [6.45, 7) is 8.30. The van der Waals surface area contributed by atoms with Crippen LogP contribution in [-0.2, 0) is 53.5 Å². The minimum Gasteiger partial charge on any atom is -0.492 e. The summed E-state index contributed by atoms with van der Waals surface area (Å²) < 4.78 is 47.3. The zero-order valence-electron chi connectivity index (χ0n) is 34.1. The molecule has 5 aliphatic rings. The lowest BCUT2D eigenvalue weighted by molar-refractivity contribution is -0.141. The summed E-state index contributed by atoms with van der Waals surface area (Å²) in [5.74, 6) is -1.45. The molecule has 3 fully saturated rings. The molecule has 1 aromatic heterocycles. The molecule has 2 aromatic rings. The maximum Gasteiger partial charge on any atom is 0.410 e. The van der Waals surface area contributed by atoms with Crippen molar-refractivity contribution in [2.24, 2.45) is 5.41 Å². The Kier molecular flexibility index (Phi) is 11.7. The average molecular weight is 838 g/mol. The van der Waals surface area contributed by atoms with Crippen LogP contribution in [0.4, 0.5) is 9.59 Å². The Hall–Kier alpha value is -5.13. The van der Waals surface area contributed by atoms with Gasteiger partial charge < -0.3 is 29.7 Å². The number of amides is 5. The van der Waals surface area contributed by atoms with Crippen molar-refractivity contribution in [2.45, 2.75) is 140 Å². The van der Waals surface area contributed by atoms with Gasteiger partial charge in [-0.1, -0.05) is 38.0 Å². The van der Waals surface area contributed by atoms with Gasteiger partial charge in [0.2, 0.25) is 21.8 Å². The van der Waals surface area contributed by atoms with Crippen LogP contribution < -0.4 is 20.1 Å². The first kappa shape index (κ1) is 42.0. The number of fused-ring (bicyclic) bond motifs is 3. The van der Waals surface area contributed by atoms with E-state index >= 15 is 0 Å². The van der Waals surface area contributed by atoms with E-state index in [1.807, 2.05) is 42.6 Å². The molecule has 3 N–H and O–H groups in total. The molecule has 2 unspecified atom stereocenters. The molecule has 59 heavy (non-hydrogen) atoms. The largest absolute Gasteiger partial charge is 0.492 e. The van der Waals surface area contributed by atoms with Gasteiger partial charge in [-0.15, -0.1) is 0 Å². The van der Waals surface area contributed by atoms with Crippen molar-refractivity contribution in [1.82, 2.24) is 34.9 Å². The van der Waals surface area contributed by atoms with Gasteiger partial charge in [-0.3, -0.25) is 28.7 Å². The number of nitrogens with one attached hydrogen (secondary N) is 3. The van der Waals surface area contributed by atoms with Crippen molar-refractivity contribution in [3.05, 3.63) is 59.9 Å². The van der Waals surface area contributed by atoms with E-state index in [0.717, 1.165) is 24.0 Å². The number of allylic oxidation sites excluding steroid dienone is 1. The highest BCUT2D eigenvalue weighted by Gasteiger charge is 2.70. The standard InChI is InChI=1S/C41H55N7O10S/c1-39(2,3)58-37(52)43-32-11-8-6-5-7-9-16-40(4)26-41(40,36(51)45-59(54,55)31-14-15-31)44-34(49)33-22-30(25-48(33)35(32)50)57-38(53)46-23-27-12-13-29(21-28(27)24-46)56-20-19-47-18-10-17-42-47/h9-10,12-13,16-18,21,30-33H,5-8,11,14-15,19-20,22-26H2,1-4H3,(H,43,52)(H,44,49)(H,45,51)/b16-9-/t30-,32+,33?,40?,41+/m1/s1. The van der Waals surface area contributed by atoms with Crippen molar-refractivity contribution >= 4 is 39.9 Å². The Bertz CT molecular complexity index is 2080. The summed E-state index contributed by atoms with van der Waals surface area (Å²) in [4.78, 5) is 72.4. The van der Waals surface area contributed by atoms with Gasteiger partial charge in [0.1, 0.15) is 41.7 Å². The van der Waals surface area contributed by atoms with Gasteiger partial charge in [0.25, 0.3) is 5.91 Å². The van der Waals surface area contributed by atoms with E-state index < -0.39 is 79.9 Å². The maximum atomic E-state index is 14.5. The second kappa shape index (κ2) is 16.5.